The molecule has 0 aromatic heterocycles. The van der Waals surface area contributed by atoms with Gasteiger partial charge in [0.2, 0.25) is 0 Å². The highest BCUT2D eigenvalue weighted by Crippen LogP contribution is 2.15. The van der Waals surface area contributed by atoms with E-state index in [4.69, 9.17) is 11.6 Å². The van der Waals surface area contributed by atoms with E-state index in [-0.39, 0.29) is 6.42 Å². The first kappa shape index (κ1) is 9.83. The van der Waals surface area contributed by atoms with Gasteiger partial charge in [0.05, 0.1) is 6.42 Å². The Morgan fingerprint density at radius 2 is 2.31 bits per heavy atom. The Kier molecular flexibility index (Phi) is 3.54. The van der Waals surface area contributed by atoms with E-state index >= 15 is 0 Å². The SMILES string of the molecule is Cc1cc(C#CCC=O)ccc1Cl. The van der Waals surface area contributed by atoms with Crippen LogP contribution in [0.5, 0.6) is 0 Å². The predicted octanol–water partition coefficient (Wildman–Crippen LogP) is 2.59. The van der Waals surface area contributed by atoms with Crippen molar-refractivity contribution in [3.63, 3.8) is 0 Å². The Morgan fingerprint density at radius 1 is 1.54 bits per heavy atom. The Hall–Kier alpha value is -1.26. The van der Waals surface area contributed by atoms with Gasteiger partial charge in [-0.25, -0.2) is 0 Å². The molecule has 0 bridgehead atoms. The van der Waals surface area contributed by atoms with Crippen molar-refractivity contribution < 1.29 is 4.79 Å². The van der Waals surface area contributed by atoms with Crippen molar-refractivity contribution in [2.75, 3.05) is 0 Å². The molecule has 0 saturated carbocycles. The number of hydrogen-bond acceptors (Lipinski definition) is 1. The summed E-state index contributed by atoms with van der Waals surface area (Å²) in [6.07, 6.45) is 1.07. The maximum atomic E-state index is 9.99. The van der Waals surface area contributed by atoms with Gasteiger partial charge >= 0.3 is 0 Å². The van der Waals surface area contributed by atoms with E-state index in [0.717, 1.165) is 22.4 Å². The normalized spacial score (nSPS) is 8.77. The molecule has 0 aliphatic heterocycles. The molecule has 0 heterocycles. The fourth-order valence-corrected chi connectivity index (χ4v) is 1.03. The van der Waals surface area contributed by atoms with Gasteiger partial charge in [0.25, 0.3) is 0 Å². The zero-order valence-corrected chi connectivity index (χ0v) is 8.06. The summed E-state index contributed by atoms with van der Waals surface area (Å²) >= 11 is 5.84. The molecular formula is C11H9ClO. The summed E-state index contributed by atoms with van der Waals surface area (Å²) in [5.41, 5.74) is 1.89. The minimum atomic E-state index is 0.279. The van der Waals surface area contributed by atoms with Gasteiger partial charge in [0, 0.05) is 10.6 Å². The van der Waals surface area contributed by atoms with Crippen LogP contribution in [0.3, 0.4) is 0 Å². The lowest BCUT2D eigenvalue weighted by molar-refractivity contribution is -0.107. The molecule has 1 aromatic carbocycles. The number of carbonyl (C=O) groups excluding carboxylic acids is 1. The van der Waals surface area contributed by atoms with Crippen LogP contribution in [-0.4, -0.2) is 6.29 Å². The highest BCUT2D eigenvalue weighted by molar-refractivity contribution is 6.31. The molecule has 0 radical (unpaired) electrons. The number of rotatable bonds is 1. The van der Waals surface area contributed by atoms with Crippen LogP contribution in [-0.2, 0) is 4.79 Å². The molecule has 13 heavy (non-hydrogen) atoms. The maximum Gasteiger partial charge on any atom is 0.131 e. The molecule has 0 N–H and O–H groups in total. The number of aryl methyl sites for hydroxylation is 1. The zero-order valence-electron chi connectivity index (χ0n) is 7.30. The second-order valence-corrected chi connectivity index (χ2v) is 3.04. The first-order valence-electron chi connectivity index (χ1n) is 3.92. The standard InChI is InChI=1S/C11H9ClO/c1-9-8-10(4-2-3-7-13)5-6-11(9)12/h5-8H,3H2,1H3. The summed E-state index contributed by atoms with van der Waals surface area (Å²) in [5, 5.41) is 0.737. The number of carbonyl (C=O) groups is 1. The monoisotopic (exact) mass is 192 g/mol. The lowest BCUT2D eigenvalue weighted by atomic mass is 10.1. The largest absolute Gasteiger partial charge is 0.302 e. The number of halogens is 1. The molecule has 0 amide bonds. The van der Waals surface area contributed by atoms with Crippen molar-refractivity contribution in [3.8, 4) is 11.8 Å². The van der Waals surface area contributed by atoms with Crippen LogP contribution in [0.15, 0.2) is 18.2 Å². The van der Waals surface area contributed by atoms with Gasteiger partial charge < -0.3 is 4.79 Å². The van der Waals surface area contributed by atoms with E-state index in [1.165, 1.54) is 0 Å². The Balaban J connectivity index is 2.87. The van der Waals surface area contributed by atoms with Crippen molar-refractivity contribution in [1.82, 2.24) is 0 Å². The maximum absolute atomic E-state index is 9.99. The van der Waals surface area contributed by atoms with Gasteiger partial charge in [-0.15, -0.1) is 0 Å². The fraction of sp³-hybridized carbons (Fsp3) is 0.182. The third kappa shape index (κ3) is 2.93. The molecule has 0 aliphatic rings. The molecule has 0 fully saturated rings. The van der Waals surface area contributed by atoms with E-state index < -0.39 is 0 Å². The quantitative estimate of drug-likeness (QED) is 0.494. The zero-order chi connectivity index (χ0) is 9.68. The second-order valence-electron chi connectivity index (χ2n) is 2.64. The van der Waals surface area contributed by atoms with Gasteiger partial charge in [0.15, 0.2) is 0 Å². The van der Waals surface area contributed by atoms with E-state index in [1.807, 2.05) is 25.1 Å². The molecule has 0 atom stereocenters. The summed E-state index contributed by atoms with van der Waals surface area (Å²) in [5.74, 6) is 5.61. The number of aldehydes is 1. The van der Waals surface area contributed by atoms with Crippen LogP contribution >= 0.6 is 11.6 Å². The first-order chi connectivity index (χ1) is 6.24. The summed E-state index contributed by atoms with van der Waals surface area (Å²) < 4.78 is 0. The van der Waals surface area contributed by atoms with Crippen molar-refractivity contribution in [2.45, 2.75) is 13.3 Å². The topological polar surface area (TPSA) is 17.1 Å². The van der Waals surface area contributed by atoms with Crippen molar-refractivity contribution in [2.24, 2.45) is 0 Å². The molecule has 1 aromatic rings. The molecule has 2 heteroatoms. The average molecular weight is 193 g/mol. The van der Waals surface area contributed by atoms with Gasteiger partial charge in [-0.05, 0) is 30.7 Å². The summed E-state index contributed by atoms with van der Waals surface area (Å²) in [6.45, 7) is 1.92. The van der Waals surface area contributed by atoms with Crippen molar-refractivity contribution in [1.29, 1.82) is 0 Å². The Labute approximate surface area is 82.7 Å². The molecule has 1 rings (SSSR count). The van der Waals surface area contributed by atoms with Crippen molar-refractivity contribution >= 4 is 17.9 Å². The van der Waals surface area contributed by atoms with Crippen LogP contribution in [0.25, 0.3) is 0 Å². The van der Waals surface area contributed by atoms with Crippen molar-refractivity contribution in [3.05, 3.63) is 34.3 Å². The molecule has 66 valence electrons. The van der Waals surface area contributed by atoms with E-state index in [2.05, 4.69) is 11.8 Å². The summed E-state index contributed by atoms with van der Waals surface area (Å²) in [6, 6.07) is 5.55. The molecule has 0 aliphatic carbocycles. The predicted molar refractivity (Wildman–Crippen MR) is 53.7 cm³/mol. The third-order valence-corrected chi connectivity index (χ3v) is 2.00. The minimum Gasteiger partial charge on any atom is -0.302 e. The molecular weight excluding hydrogens is 184 g/mol. The molecule has 0 spiro atoms. The van der Waals surface area contributed by atoms with E-state index in [9.17, 15) is 4.79 Å². The Bertz CT molecular complexity index is 371. The van der Waals surface area contributed by atoms with Crippen LogP contribution in [0.2, 0.25) is 5.02 Å². The van der Waals surface area contributed by atoms with Crippen LogP contribution in [0, 0.1) is 18.8 Å². The fourth-order valence-electron chi connectivity index (χ4n) is 0.917. The van der Waals surface area contributed by atoms with E-state index in [1.54, 1.807) is 0 Å². The van der Waals surface area contributed by atoms with Gasteiger partial charge in [0.1, 0.15) is 6.29 Å². The van der Waals surface area contributed by atoms with Gasteiger partial charge in [-0.1, -0.05) is 23.4 Å². The van der Waals surface area contributed by atoms with Crippen LogP contribution < -0.4 is 0 Å². The molecule has 1 nitrogen and oxygen atoms in total. The molecule has 0 unspecified atom stereocenters. The minimum absolute atomic E-state index is 0.279. The second kappa shape index (κ2) is 4.69. The number of hydrogen-bond donors (Lipinski definition) is 0. The van der Waals surface area contributed by atoms with Gasteiger partial charge in [-0.3, -0.25) is 0 Å². The van der Waals surface area contributed by atoms with Gasteiger partial charge in [-0.2, -0.15) is 0 Å². The lowest BCUT2D eigenvalue weighted by Gasteiger charge is -1.96. The van der Waals surface area contributed by atoms with E-state index in [0.29, 0.717) is 0 Å². The van der Waals surface area contributed by atoms with Crippen LogP contribution in [0.1, 0.15) is 17.5 Å². The smallest absolute Gasteiger partial charge is 0.131 e. The number of benzene rings is 1. The Morgan fingerprint density at radius 3 is 2.92 bits per heavy atom. The highest BCUT2D eigenvalue weighted by Gasteiger charge is 1.93. The lowest BCUT2D eigenvalue weighted by Crippen LogP contribution is -1.79. The highest BCUT2D eigenvalue weighted by atomic mass is 35.5. The summed E-state index contributed by atoms with van der Waals surface area (Å²) in [4.78, 5) is 9.99. The first-order valence-corrected chi connectivity index (χ1v) is 4.30. The molecule has 0 saturated heterocycles. The summed E-state index contributed by atoms with van der Waals surface area (Å²) in [7, 11) is 0. The van der Waals surface area contributed by atoms with Crippen LogP contribution in [0.4, 0.5) is 0 Å². The average Bonchev–Trinajstić information content (AvgIpc) is 2.12. The third-order valence-electron chi connectivity index (χ3n) is 1.58.